The summed E-state index contributed by atoms with van der Waals surface area (Å²) in [5.74, 6) is 0.820. The fourth-order valence-corrected chi connectivity index (χ4v) is 2.39. The van der Waals surface area contributed by atoms with Gasteiger partial charge < -0.3 is 9.80 Å². The number of hydrogen-bond acceptors (Lipinski definition) is 3. The van der Waals surface area contributed by atoms with E-state index in [0.29, 0.717) is 5.56 Å². The van der Waals surface area contributed by atoms with Gasteiger partial charge in [-0.3, -0.25) is 9.89 Å². The third-order valence-corrected chi connectivity index (χ3v) is 3.27. The lowest BCUT2D eigenvalue weighted by Gasteiger charge is -2.33. The quantitative estimate of drug-likeness (QED) is 0.845. The number of nitrogens with one attached hydrogen (secondary N) is 1. The van der Waals surface area contributed by atoms with Gasteiger partial charge in [0.05, 0.1) is 11.8 Å². The Bertz CT molecular complexity index is 353. The molecule has 0 unspecified atom stereocenters. The van der Waals surface area contributed by atoms with E-state index in [2.05, 4.69) is 29.2 Å². The SMILES string of the molecule is CN(C)CC1CCN(C(=O)c2cn[nH]c2)CC1. The highest BCUT2D eigenvalue weighted by molar-refractivity contribution is 5.93. The Labute approximate surface area is 102 Å². The number of carbonyl (C=O) groups is 1. The fourth-order valence-electron chi connectivity index (χ4n) is 2.39. The van der Waals surface area contributed by atoms with E-state index in [-0.39, 0.29) is 5.91 Å². The molecule has 1 aromatic heterocycles. The molecule has 0 aromatic carbocycles. The molecule has 1 aromatic rings. The summed E-state index contributed by atoms with van der Waals surface area (Å²) >= 11 is 0. The molecule has 1 aliphatic rings. The van der Waals surface area contributed by atoms with E-state index in [0.717, 1.165) is 38.4 Å². The Balaban J connectivity index is 1.85. The number of hydrogen-bond donors (Lipinski definition) is 1. The molecule has 1 aliphatic heterocycles. The lowest BCUT2D eigenvalue weighted by Crippen LogP contribution is -2.40. The topological polar surface area (TPSA) is 52.2 Å². The second-order valence-corrected chi connectivity index (χ2v) is 4.98. The van der Waals surface area contributed by atoms with E-state index in [1.165, 1.54) is 0 Å². The summed E-state index contributed by atoms with van der Waals surface area (Å²) in [5, 5.41) is 6.49. The molecule has 2 heterocycles. The average Bonchev–Trinajstić information content (AvgIpc) is 2.82. The zero-order valence-electron chi connectivity index (χ0n) is 10.5. The molecule has 2 rings (SSSR count). The van der Waals surface area contributed by atoms with Crippen molar-refractivity contribution in [3.8, 4) is 0 Å². The van der Waals surface area contributed by atoms with Crippen molar-refractivity contribution in [3.05, 3.63) is 18.0 Å². The number of nitrogens with zero attached hydrogens (tertiary/aromatic N) is 3. The summed E-state index contributed by atoms with van der Waals surface area (Å²) in [6.07, 6.45) is 5.45. The van der Waals surface area contributed by atoms with Crippen LogP contribution >= 0.6 is 0 Å². The molecule has 5 heteroatoms. The van der Waals surface area contributed by atoms with Crippen molar-refractivity contribution in [2.24, 2.45) is 5.92 Å². The predicted octanol–water partition coefficient (Wildman–Crippen LogP) is 0.823. The van der Waals surface area contributed by atoms with E-state index >= 15 is 0 Å². The zero-order chi connectivity index (χ0) is 12.3. The first-order valence-electron chi connectivity index (χ1n) is 6.09. The predicted molar refractivity (Wildman–Crippen MR) is 65.8 cm³/mol. The molecule has 0 radical (unpaired) electrons. The van der Waals surface area contributed by atoms with E-state index in [1.807, 2.05) is 4.90 Å². The number of likely N-dealkylation sites (tertiary alicyclic amines) is 1. The Morgan fingerprint density at radius 1 is 1.53 bits per heavy atom. The van der Waals surface area contributed by atoms with Crippen LogP contribution in [0.3, 0.4) is 0 Å². The van der Waals surface area contributed by atoms with Crippen molar-refractivity contribution in [2.45, 2.75) is 12.8 Å². The lowest BCUT2D eigenvalue weighted by atomic mass is 9.96. The Morgan fingerprint density at radius 3 is 2.76 bits per heavy atom. The van der Waals surface area contributed by atoms with Gasteiger partial charge in [0.1, 0.15) is 0 Å². The van der Waals surface area contributed by atoms with Crippen molar-refractivity contribution in [3.63, 3.8) is 0 Å². The molecule has 1 saturated heterocycles. The number of carbonyl (C=O) groups excluding carboxylic acids is 1. The Kier molecular flexibility index (Phi) is 3.78. The van der Waals surface area contributed by atoms with Gasteiger partial charge in [-0.2, -0.15) is 5.10 Å². The molecule has 1 amide bonds. The molecular weight excluding hydrogens is 216 g/mol. The normalized spacial score (nSPS) is 17.7. The zero-order valence-corrected chi connectivity index (χ0v) is 10.5. The molecule has 17 heavy (non-hydrogen) atoms. The molecule has 0 saturated carbocycles. The number of H-pyrrole nitrogens is 1. The molecule has 1 N–H and O–H groups in total. The van der Waals surface area contributed by atoms with Crippen molar-refractivity contribution >= 4 is 5.91 Å². The van der Waals surface area contributed by atoms with Gasteiger partial charge in [-0.25, -0.2) is 0 Å². The summed E-state index contributed by atoms with van der Waals surface area (Å²) in [6.45, 7) is 2.85. The lowest BCUT2D eigenvalue weighted by molar-refractivity contribution is 0.0678. The molecule has 1 fully saturated rings. The summed E-state index contributed by atoms with van der Waals surface area (Å²) in [5.41, 5.74) is 0.663. The van der Waals surface area contributed by atoms with Crippen molar-refractivity contribution in [1.29, 1.82) is 0 Å². The van der Waals surface area contributed by atoms with Crippen LogP contribution < -0.4 is 0 Å². The van der Waals surface area contributed by atoms with E-state index < -0.39 is 0 Å². The van der Waals surface area contributed by atoms with Gasteiger partial charge in [0.15, 0.2) is 0 Å². The molecule has 0 atom stereocenters. The number of aromatic nitrogens is 2. The Hall–Kier alpha value is -1.36. The van der Waals surface area contributed by atoms with Gasteiger partial charge in [-0.05, 0) is 32.9 Å². The second-order valence-electron chi connectivity index (χ2n) is 4.98. The summed E-state index contributed by atoms with van der Waals surface area (Å²) in [4.78, 5) is 16.2. The second kappa shape index (κ2) is 5.31. The maximum Gasteiger partial charge on any atom is 0.257 e. The van der Waals surface area contributed by atoms with Gasteiger partial charge in [0.2, 0.25) is 0 Å². The minimum absolute atomic E-state index is 0.0991. The first kappa shape index (κ1) is 12.1. The summed E-state index contributed by atoms with van der Waals surface area (Å²) < 4.78 is 0. The van der Waals surface area contributed by atoms with Crippen LogP contribution in [0.1, 0.15) is 23.2 Å². The van der Waals surface area contributed by atoms with Gasteiger partial charge in [-0.15, -0.1) is 0 Å². The highest BCUT2D eigenvalue weighted by Gasteiger charge is 2.24. The molecule has 0 bridgehead atoms. The van der Waals surface area contributed by atoms with E-state index in [1.54, 1.807) is 12.4 Å². The van der Waals surface area contributed by atoms with Gasteiger partial charge in [-0.1, -0.05) is 0 Å². The van der Waals surface area contributed by atoms with Crippen LogP contribution in [0.5, 0.6) is 0 Å². The van der Waals surface area contributed by atoms with Crippen LogP contribution in [0.15, 0.2) is 12.4 Å². The summed E-state index contributed by atoms with van der Waals surface area (Å²) in [7, 11) is 4.20. The van der Waals surface area contributed by atoms with Crippen LogP contribution in [-0.2, 0) is 0 Å². The van der Waals surface area contributed by atoms with Crippen LogP contribution in [-0.4, -0.2) is 59.6 Å². The maximum atomic E-state index is 12.0. The van der Waals surface area contributed by atoms with E-state index in [9.17, 15) is 4.79 Å². The van der Waals surface area contributed by atoms with Crippen LogP contribution in [0.2, 0.25) is 0 Å². The monoisotopic (exact) mass is 236 g/mol. The van der Waals surface area contributed by atoms with Crippen molar-refractivity contribution in [2.75, 3.05) is 33.7 Å². The Morgan fingerprint density at radius 2 is 2.24 bits per heavy atom. The molecule has 0 aliphatic carbocycles. The smallest absolute Gasteiger partial charge is 0.257 e. The van der Waals surface area contributed by atoms with Crippen molar-refractivity contribution < 1.29 is 4.79 Å². The average molecular weight is 236 g/mol. The molecule has 94 valence electrons. The minimum Gasteiger partial charge on any atom is -0.339 e. The van der Waals surface area contributed by atoms with Crippen molar-refractivity contribution in [1.82, 2.24) is 20.0 Å². The first-order valence-corrected chi connectivity index (χ1v) is 6.09. The fraction of sp³-hybridized carbons (Fsp3) is 0.667. The number of amides is 1. The highest BCUT2D eigenvalue weighted by Crippen LogP contribution is 2.19. The third-order valence-electron chi connectivity index (χ3n) is 3.27. The number of piperidine rings is 1. The van der Waals surface area contributed by atoms with Crippen LogP contribution in [0.4, 0.5) is 0 Å². The molecule has 0 spiro atoms. The number of rotatable bonds is 3. The first-order chi connectivity index (χ1) is 8.16. The van der Waals surface area contributed by atoms with Gasteiger partial charge in [0, 0.05) is 25.8 Å². The van der Waals surface area contributed by atoms with Crippen LogP contribution in [0.25, 0.3) is 0 Å². The molecular formula is C12H20N4O. The van der Waals surface area contributed by atoms with E-state index in [4.69, 9.17) is 0 Å². The minimum atomic E-state index is 0.0991. The highest BCUT2D eigenvalue weighted by atomic mass is 16.2. The number of aromatic amines is 1. The van der Waals surface area contributed by atoms with Crippen LogP contribution in [0, 0.1) is 5.92 Å². The standard InChI is InChI=1S/C12H20N4O/c1-15(2)9-10-3-5-16(6-4-10)12(17)11-7-13-14-8-11/h7-8,10H,3-6,9H2,1-2H3,(H,13,14). The molecule has 5 nitrogen and oxygen atoms in total. The largest absolute Gasteiger partial charge is 0.339 e. The van der Waals surface area contributed by atoms with Gasteiger partial charge >= 0.3 is 0 Å². The maximum absolute atomic E-state index is 12.0. The van der Waals surface area contributed by atoms with Gasteiger partial charge in [0.25, 0.3) is 5.91 Å². The third kappa shape index (κ3) is 3.06. The summed E-state index contributed by atoms with van der Waals surface area (Å²) in [6, 6.07) is 0.